The summed E-state index contributed by atoms with van der Waals surface area (Å²) in [7, 11) is -3.89. The smallest absolute Gasteiger partial charge is 0.261 e. The van der Waals surface area contributed by atoms with Crippen molar-refractivity contribution in [3.63, 3.8) is 0 Å². The van der Waals surface area contributed by atoms with Crippen LogP contribution in [-0.2, 0) is 10.0 Å². The van der Waals surface area contributed by atoms with Gasteiger partial charge in [0.15, 0.2) is 0 Å². The van der Waals surface area contributed by atoms with Crippen LogP contribution >= 0.6 is 0 Å². The highest BCUT2D eigenvalue weighted by Gasteiger charge is 2.17. The molecule has 2 amide bonds. The number of aryl methyl sites for hydroxylation is 2. The van der Waals surface area contributed by atoms with Crippen LogP contribution in [0.2, 0.25) is 0 Å². The van der Waals surface area contributed by atoms with Crippen LogP contribution in [0.3, 0.4) is 0 Å². The average Bonchev–Trinajstić information content (AvgIpc) is 2.86. The maximum atomic E-state index is 13.0. The van der Waals surface area contributed by atoms with Gasteiger partial charge in [0.25, 0.3) is 21.8 Å². The lowest BCUT2D eigenvalue weighted by atomic mass is 10.1. The number of hydrogen-bond acceptors (Lipinski definition) is 4. The van der Waals surface area contributed by atoms with Crippen molar-refractivity contribution in [1.29, 1.82) is 0 Å². The van der Waals surface area contributed by atoms with Crippen molar-refractivity contribution >= 4 is 38.9 Å². The van der Waals surface area contributed by atoms with Crippen molar-refractivity contribution < 1.29 is 18.0 Å². The Labute approximate surface area is 210 Å². The molecule has 36 heavy (non-hydrogen) atoms. The zero-order valence-corrected chi connectivity index (χ0v) is 20.6. The lowest BCUT2D eigenvalue weighted by Gasteiger charge is -2.13. The predicted octanol–water partition coefficient (Wildman–Crippen LogP) is 5.61. The van der Waals surface area contributed by atoms with Crippen molar-refractivity contribution in [2.24, 2.45) is 0 Å². The number of benzene rings is 4. The Morgan fingerprint density at radius 2 is 1.33 bits per heavy atom. The molecular weight excluding hydrogens is 474 g/mol. The van der Waals surface area contributed by atoms with E-state index in [4.69, 9.17) is 0 Å². The zero-order valence-electron chi connectivity index (χ0n) is 19.8. The van der Waals surface area contributed by atoms with Gasteiger partial charge in [0.2, 0.25) is 0 Å². The molecule has 0 unspecified atom stereocenters. The Morgan fingerprint density at radius 1 is 0.639 bits per heavy atom. The van der Waals surface area contributed by atoms with Crippen LogP contribution in [0.4, 0.5) is 17.1 Å². The summed E-state index contributed by atoms with van der Waals surface area (Å²) in [6.45, 7) is 3.69. The maximum Gasteiger partial charge on any atom is 0.261 e. The first-order valence-corrected chi connectivity index (χ1v) is 12.7. The quantitative estimate of drug-likeness (QED) is 0.307. The van der Waals surface area contributed by atoms with Crippen LogP contribution in [0.5, 0.6) is 0 Å². The number of sulfonamides is 1. The number of amides is 2. The minimum atomic E-state index is -3.89. The van der Waals surface area contributed by atoms with E-state index in [1.54, 1.807) is 60.7 Å². The van der Waals surface area contributed by atoms with E-state index in [1.807, 2.05) is 26.0 Å². The number of nitrogens with one attached hydrogen (secondary N) is 3. The molecule has 3 N–H and O–H groups in total. The molecule has 0 spiro atoms. The molecule has 0 bridgehead atoms. The molecule has 4 aromatic carbocycles. The van der Waals surface area contributed by atoms with Crippen molar-refractivity contribution in [2.45, 2.75) is 18.7 Å². The highest BCUT2D eigenvalue weighted by molar-refractivity contribution is 7.92. The number of hydrogen-bond donors (Lipinski definition) is 3. The fraction of sp³-hybridized carbons (Fsp3) is 0.0714. The van der Waals surface area contributed by atoms with Gasteiger partial charge in [-0.05, 0) is 79.6 Å². The highest BCUT2D eigenvalue weighted by Crippen LogP contribution is 2.23. The third-order valence-corrected chi connectivity index (χ3v) is 6.84. The fourth-order valence-corrected chi connectivity index (χ4v) is 4.64. The molecule has 182 valence electrons. The van der Waals surface area contributed by atoms with Gasteiger partial charge in [-0.1, -0.05) is 42.5 Å². The number of carbonyl (C=O) groups is 2. The second-order valence-corrected chi connectivity index (χ2v) is 9.99. The van der Waals surface area contributed by atoms with Gasteiger partial charge in [-0.25, -0.2) is 8.42 Å². The molecule has 0 radical (unpaired) electrons. The molecule has 7 nitrogen and oxygen atoms in total. The normalized spacial score (nSPS) is 10.9. The molecule has 4 aromatic rings. The van der Waals surface area contributed by atoms with Crippen LogP contribution in [0, 0.1) is 13.8 Å². The van der Waals surface area contributed by atoms with E-state index in [0.717, 1.165) is 11.1 Å². The molecule has 8 heteroatoms. The Balaban J connectivity index is 1.51. The molecule has 0 aliphatic carbocycles. The lowest BCUT2D eigenvalue weighted by Crippen LogP contribution is -2.17. The van der Waals surface area contributed by atoms with Gasteiger partial charge in [0.05, 0.1) is 4.90 Å². The SMILES string of the molecule is Cc1cccc(NS(=O)(=O)c2cccc(C(=O)Nc3cc(NC(=O)c4ccccc4)ccc3C)c2)c1. The van der Waals surface area contributed by atoms with Crippen molar-refractivity contribution in [1.82, 2.24) is 0 Å². The number of anilines is 3. The van der Waals surface area contributed by atoms with Gasteiger partial charge in [-0.2, -0.15) is 0 Å². The summed E-state index contributed by atoms with van der Waals surface area (Å²) in [4.78, 5) is 25.4. The van der Waals surface area contributed by atoms with Crippen LogP contribution in [0.15, 0.2) is 102 Å². The Bertz CT molecular complexity index is 1530. The van der Waals surface area contributed by atoms with Gasteiger partial charge >= 0.3 is 0 Å². The lowest BCUT2D eigenvalue weighted by molar-refractivity contribution is 0.101. The summed E-state index contributed by atoms with van der Waals surface area (Å²) in [6.07, 6.45) is 0. The average molecular weight is 500 g/mol. The molecule has 0 saturated heterocycles. The largest absolute Gasteiger partial charge is 0.322 e. The summed E-state index contributed by atoms with van der Waals surface area (Å²) < 4.78 is 28.3. The number of carbonyl (C=O) groups excluding carboxylic acids is 2. The van der Waals surface area contributed by atoms with Gasteiger partial charge < -0.3 is 10.6 Å². The van der Waals surface area contributed by atoms with Crippen LogP contribution in [-0.4, -0.2) is 20.2 Å². The second kappa shape index (κ2) is 10.5. The summed E-state index contributed by atoms with van der Waals surface area (Å²) in [5, 5.41) is 5.63. The van der Waals surface area contributed by atoms with Crippen LogP contribution < -0.4 is 15.4 Å². The van der Waals surface area contributed by atoms with Gasteiger partial charge in [-0.15, -0.1) is 0 Å². The first-order chi connectivity index (χ1) is 17.2. The summed E-state index contributed by atoms with van der Waals surface area (Å²) in [5.41, 5.74) is 3.85. The van der Waals surface area contributed by atoms with E-state index in [-0.39, 0.29) is 16.4 Å². The minimum Gasteiger partial charge on any atom is -0.322 e. The Morgan fingerprint density at radius 3 is 2.08 bits per heavy atom. The van der Waals surface area contributed by atoms with E-state index >= 15 is 0 Å². The van der Waals surface area contributed by atoms with Crippen LogP contribution in [0.1, 0.15) is 31.8 Å². The highest BCUT2D eigenvalue weighted by atomic mass is 32.2. The molecule has 0 atom stereocenters. The second-order valence-electron chi connectivity index (χ2n) is 8.31. The van der Waals surface area contributed by atoms with E-state index in [1.165, 1.54) is 24.3 Å². The topological polar surface area (TPSA) is 104 Å². The molecule has 0 aliphatic heterocycles. The maximum absolute atomic E-state index is 13.0. The Kier molecular flexibility index (Phi) is 7.17. The van der Waals surface area contributed by atoms with Gasteiger partial charge in [0.1, 0.15) is 0 Å². The summed E-state index contributed by atoms with van der Waals surface area (Å²) in [5.74, 6) is -0.743. The fourth-order valence-electron chi connectivity index (χ4n) is 3.55. The van der Waals surface area contributed by atoms with E-state index < -0.39 is 15.9 Å². The molecule has 4 rings (SSSR count). The van der Waals surface area contributed by atoms with Gasteiger partial charge in [-0.3, -0.25) is 14.3 Å². The van der Waals surface area contributed by atoms with E-state index in [0.29, 0.717) is 22.6 Å². The predicted molar refractivity (Wildman–Crippen MR) is 142 cm³/mol. The van der Waals surface area contributed by atoms with Crippen molar-refractivity contribution in [2.75, 3.05) is 15.4 Å². The summed E-state index contributed by atoms with van der Waals surface area (Å²) >= 11 is 0. The third-order valence-electron chi connectivity index (χ3n) is 5.46. The van der Waals surface area contributed by atoms with E-state index in [2.05, 4.69) is 15.4 Å². The van der Waals surface area contributed by atoms with E-state index in [9.17, 15) is 18.0 Å². The van der Waals surface area contributed by atoms with Crippen molar-refractivity contribution in [3.05, 3.63) is 119 Å². The molecule has 0 aromatic heterocycles. The Hall–Kier alpha value is -4.43. The molecule has 0 heterocycles. The molecular formula is C28H25N3O4S. The standard InChI is InChI=1S/C28H25N3O4S/c1-19-8-6-12-24(16-19)31-36(34,35)25-13-7-11-22(17-25)28(33)30-26-18-23(15-14-20(26)2)29-27(32)21-9-4-3-5-10-21/h3-18,31H,1-2H3,(H,29,32)(H,30,33). The zero-order chi connectivity index (χ0) is 25.7. The number of rotatable bonds is 7. The van der Waals surface area contributed by atoms with Crippen LogP contribution in [0.25, 0.3) is 0 Å². The van der Waals surface area contributed by atoms with Gasteiger partial charge in [0, 0.05) is 28.2 Å². The molecule has 0 saturated carbocycles. The summed E-state index contributed by atoms with van der Waals surface area (Å²) in [6, 6.07) is 26.8. The molecule has 0 aliphatic rings. The minimum absolute atomic E-state index is 0.0303. The molecule has 0 fully saturated rings. The third kappa shape index (κ3) is 5.97. The van der Waals surface area contributed by atoms with Crippen molar-refractivity contribution in [3.8, 4) is 0 Å². The first kappa shape index (κ1) is 24.7. The monoisotopic (exact) mass is 499 g/mol. The first-order valence-electron chi connectivity index (χ1n) is 11.2.